The molecule has 0 saturated heterocycles. The number of ether oxygens (including phenoxy) is 1. The van der Waals surface area contributed by atoms with Gasteiger partial charge in [-0.15, -0.1) is 0 Å². The van der Waals surface area contributed by atoms with Crippen molar-refractivity contribution in [3.63, 3.8) is 0 Å². The Hall–Kier alpha value is -1.36. The average molecular weight is 264 g/mol. The second-order valence-corrected chi connectivity index (χ2v) is 5.44. The van der Waals surface area contributed by atoms with Crippen LogP contribution in [0.4, 0.5) is 11.6 Å². The normalized spacial score (nSPS) is 17.6. The molecule has 1 aliphatic rings. The van der Waals surface area contributed by atoms with Gasteiger partial charge in [-0.1, -0.05) is 19.8 Å². The molecule has 0 radical (unpaired) electrons. The molecular formula is C14H24N4O. The monoisotopic (exact) mass is 264 g/mol. The first-order valence-corrected chi connectivity index (χ1v) is 7.04. The minimum absolute atomic E-state index is 0.388. The van der Waals surface area contributed by atoms with Gasteiger partial charge in [-0.3, -0.25) is 0 Å². The Morgan fingerprint density at radius 2 is 2.11 bits per heavy atom. The summed E-state index contributed by atoms with van der Waals surface area (Å²) in [7, 11) is 1.63. The largest absolute Gasteiger partial charge is 0.384 e. The van der Waals surface area contributed by atoms with Gasteiger partial charge in [0.25, 0.3) is 0 Å². The molecule has 106 valence electrons. The van der Waals surface area contributed by atoms with Crippen molar-refractivity contribution in [1.29, 1.82) is 0 Å². The maximum Gasteiger partial charge on any atom is 0.158 e. The predicted octanol–water partition coefficient (Wildman–Crippen LogP) is 2.59. The van der Waals surface area contributed by atoms with E-state index in [2.05, 4.69) is 22.2 Å². The molecule has 0 unspecified atom stereocenters. The van der Waals surface area contributed by atoms with E-state index in [1.807, 2.05) is 0 Å². The van der Waals surface area contributed by atoms with Crippen LogP contribution in [0.3, 0.4) is 0 Å². The first-order chi connectivity index (χ1) is 9.17. The Labute approximate surface area is 115 Å². The fourth-order valence-corrected chi connectivity index (χ4v) is 2.86. The zero-order valence-electron chi connectivity index (χ0n) is 11.9. The lowest BCUT2D eigenvalue weighted by Crippen LogP contribution is -2.26. The smallest absolute Gasteiger partial charge is 0.158 e. The Kier molecular flexibility index (Phi) is 4.58. The third kappa shape index (κ3) is 3.56. The molecule has 1 heterocycles. The lowest BCUT2D eigenvalue weighted by atomic mass is 9.83. The fourth-order valence-electron chi connectivity index (χ4n) is 2.86. The van der Waals surface area contributed by atoms with Gasteiger partial charge in [-0.2, -0.15) is 0 Å². The van der Waals surface area contributed by atoms with Gasteiger partial charge in [-0.25, -0.2) is 9.97 Å². The van der Waals surface area contributed by atoms with Gasteiger partial charge in [0.05, 0.1) is 0 Å². The Bertz CT molecular complexity index is 416. The van der Waals surface area contributed by atoms with Crippen LogP contribution in [0.1, 0.15) is 44.9 Å². The van der Waals surface area contributed by atoms with Crippen molar-refractivity contribution >= 4 is 11.6 Å². The molecule has 0 amide bonds. The Morgan fingerprint density at radius 3 is 2.74 bits per heavy atom. The molecule has 0 spiro atoms. The molecule has 1 fully saturated rings. The Morgan fingerprint density at radius 1 is 1.37 bits per heavy atom. The summed E-state index contributed by atoms with van der Waals surface area (Å²) in [4.78, 5) is 8.56. The minimum atomic E-state index is 0.388. The standard InChI is InChI=1S/C14H24N4O/c1-3-14(6-4-5-7-14)10-16-12-8-11(15)17-13(18-12)9-19-2/h8H,3-7,9-10H2,1-2H3,(H3,15,16,17,18). The number of nitrogens with one attached hydrogen (secondary N) is 1. The topological polar surface area (TPSA) is 73.1 Å². The zero-order valence-corrected chi connectivity index (χ0v) is 11.9. The third-order valence-corrected chi connectivity index (χ3v) is 4.12. The summed E-state index contributed by atoms with van der Waals surface area (Å²) in [5.41, 5.74) is 6.22. The lowest BCUT2D eigenvalue weighted by Gasteiger charge is -2.28. The van der Waals surface area contributed by atoms with E-state index in [0.717, 1.165) is 12.4 Å². The van der Waals surface area contributed by atoms with Gasteiger partial charge in [0.15, 0.2) is 5.82 Å². The van der Waals surface area contributed by atoms with Crippen molar-refractivity contribution in [1.82, 2.24) is 9.97 Å². The number of methoxy groups -OCH3 is 1. The molecule has 19 heavy (non-hydrogen) atoms. The summed E-state index contributed by atoms with van der Waals surface area (Å²) in [6.45, 7) is 3.63. The highest BCUT2D eigenvalue weighted by molar-refractivity contribution is 5.44. The van der Waals surface area contributed by atoms with E-state index >= 15 is 0 Å². The number of aromatic nitrogens is 2. The second-order valence-electron chi connectivity index (χ2n) is 5.44. The van der Waals surface area contributed by atoms with Crippen molar-refractivity contribution in [2.24, 2.45) is 5.41 Å². The highest BCUT2D eigenvalue weighted by atomic mass is 16.5. The van der Waals surface area contributed by atoms with Crippen molar-refractivity contribution in [2.75, 3.05) is 24.7 Å². The molecule has 0 bridgehead atoms. The number of hydrogen-bond donors (Lipinski definition) is 2. The van der Waals surface area contributed by atoms with Crippen molar-refractivity contribution in [3.05, 3.63) is 11.9 Å². The first kappa shape index (κ1) is 14.1. The van der Waals surface area contributed by atoms with Crippen LogP contribution >= 0.6 is 0 Å². The van der Waals surface area contributed by atoms with Gasteiger partial charge in [0.2, 0.25) is 0 Å². The summed E-state index contributed by atoms with van der Waals surface area (Å²) in [5, 5.41) is 3.43. The summed E-state index contributed by atoms with van der Waals surface area (Å²) in [6, 6.07) is 1.79. The van der Waals surface area contributed by atoms with Crippen molar-refractivity contribution in [2.45, 2.75) is 45.6 Å². The molecule has 1 aromatic heterocycles. The molecular weight excluding hydrogens is 240 g/mol. The van der Waals surface area contributed by atoms with Crippen LogP contribution in [0, 0.1) is 5.41 Å². The highest BCUT2D eigenvalue weighted by Gasteiger charge is 2.31. The van der Waals surface area contributed by atoms with Crippen LogP contribution in [-0.4, -0.2) is 23.6 Å². The van der Waals surface area contributed by atoms with Gasteiger partial charge in [-0.05, 0) is 24.7 Å². The molecule has 0 aromatic carbocycles. The number of nitrogens with two attached hydrogens (primary N) is 1. The molecule has 5 heteroatoms. The molecule has 2 rings (SSSR count). The van der Waals surface area contributed by atoms with Gasteiger partial charge in [0.1, 0.15) is 18.2 Å². The summed E-state index contributed by atoms with van der Waals surface area (Å²) in [5.74, 6) is 1.92. The van der Waals surface area contributed by atoms with Crippen LogP contribution in [0.15, 0.2) is 6.07 Å². The van der Waals surface area contributed by atoms with Gasteiger partial charge >= 0.3 is 0 Å². The number of nitrogens with zero attached hydrogens (tertiary/aromatic N) is 2. The lowest BCUT2D eigenvalue weighted by molar-refractivity contribution is 0.178. The number of anilines is 2. The number of nitrogen functional groups attached to an aromatic ring is 1. The summed E-state index contributed by atoms with van der Waals surface area (Å²) < 4.78 is 5.05. The van der Waals surface area contributed by atoms with E-state index in [4.69, 9.17) is 10.5 Å². The van der Waals surface area contributed by atoms with Gasteiger partial charge < -0.3 is 15.8 Å². The quantitative estimate of drug-likeness (QED) is 0.826. The van der Waals surface area contributed by atoms with E-state index in [1.54, 1.807) is 13.2 Å². The minimum Gasteiger partial charge on any atom is -0.384 e. The number of hydrogen-bond acceptors (Lipinski definition) is 5. The second kappa shape index (κ2) is 6.19. The SMILES string of the molecule is CCC1(CNc2cc(N)nc(COC)n2)CCCC1. The maximum atomic E-state index is 5.79. The van der Waals surface area contributed by atoms with Crippen molar-refractivity contribution < 1.29 is 4.74 Å². The van der Waals surface area contributed by atoms with E-state index in [1.165, 1.54) is 32.1 Å². The molecule has 1 aliphatic carbocycles. The van der Waals surface area contributed by atoms with Crippen LogP contribution in [0.5, 0.6) is 0 Å². The van der Waals surface area contributed by atoms with Gasteiger partial charge in [0, 0.05) is 19.7 Å². The maximum absolute atomic E-state index is 5.79. The summed E-state index contributed by atoms with van der Waals surface area (Å²) >= 11 is 0. The summed E-state index contributed by atoms with van der Waals surface area (Å²) in [6.07, 6.45) is 6.52. The third-order valence-electron chi connectivity index (χ3n) is 4.12. The molecule has 0 aliphatic heterocycles. The molecule has 3 N–H and O–H groups in total. The van der Waals surface area contributed by atoms with E-state index in [0.29, 0.717) is 23.7 Å². The molecule has 1 saturated carbocycles. The van der Waals surface area contributed by atoms with Crippen LogP contribution < -0.4 is 11.1 Å². The van der Waals surface area contributed by atoms with Crippen LogP contribution in [0.2, 0.25) is 0 Å². The van der Waals surface area contributed by atoms with Crippen molar-refractivity contribution in [3.8, 4) is 0 Å². The highest BCUT2D eigenvalue weighted by Crippen LogP contribution is 2.40. The van der Waals surface area contributed by atoms with E-state index in [9.17, 15) is 0 Å². The first-order valence-electron chi connectivity index (χ1n) is 7.04. The Balaban J connectivity index is 2.02. The van der Waals surface area contributed by atoms with Crippen LogP contribution in [-0.2, 0) is 11.3 Å². The average Bonchev–Trinajstić information content (AvgIpc) is 2.86. The van der Waals surface area contributed by atoms with Crippen LogP contribution in [0.25, 0.3) is 0 Å². The fraction of sp³-hybridized carbons (Fsp3) is 0.714. The molecule has 5 nitrogen and oxygen atoms in total. The molecule has 1 aromatic rings. The zero-order chi connectivity index (χ0) is 13.7. The number of rotatable bonds is 6. The molecule has 0 atom stereocenters. The predicted molar refractivity (Wildman–Crippen MR) is 76.8 cm³/mol. The van der Waals surface area contributed by atoms with E-state index in [-0.39, 0.29) is 0 Å². The van der Waals surface area contributed by atoms with E-state index < -0.39 is 0 Å².